The Kier molecular flexibility index (Phi) is 5.86. The van der Waals surface area contributed by atoms with Gasteiger partial charge >= 0.3 is 11.5 Å². The Hall–Kier alpha value is -2.22. The van der Waals surface area contributed by atoms with Gasteiger partial charge in [-0.25, -0.2) is 4.79 Å². The third-order valence-corrected chi connectivity index (χ3v) is 3.48. The Morgan fingerprint density at radius 1 is 1.13 bits per heavy atom. The van der Waals surface area contributed by atoms with Gasteiger partial charge < -0.3 is 10.6 Å². The van der Waals surface area contributed by atoms with Crippen LogP contribution in [0.3, 0.4) is 0 Å². The number of pyridine rings is 1. The maximum Gasteiger partial charge on any atom is 0.446 e. The highest BCUT2D eigenvalue weighted by Crippen LogP contribution is 2.36. The fourth-order valence-electron chi connectivity index (χ4n) is 1.77. The predicted molar refractivity (Wildman–Crippen MR) is 83.3 cm³/mol. The second-order valence-electron chi connectivity index (χ2n) is 4.52. The van der Waals surface area contributed by atoms with Gasteiger partial charge in [0.2, 0.25) is 0 Å². The molecule has 1 aromatic carbocycles. The number of alkyl halides is 3. The van der Waals surface area contributed by atoms with E-state index >= 15 is 0 Å². The van der Waals surface area contributed by atoms with Gasteiger partial charge in [-0.3, -0.25) is 4.98 Å². The molecule has 0 aliphatic heterocycles. The number of thioether (sulfide) groups is 1. The maximum absolute atomic E-state index is 12.2. The number of hydrogen-bond acceptors (Lipinski definition) is 3. The van der Waals surface area contributed by atoms with Gasteiger partial charge in [-0.2, -0.15) is 13.2 Å². The monoisotopic (exact) mass is 341 g/mol. The average molecular weight is 341 g/mol. The average Bonchev–Trinajstić information content (AvgIpc) is 2.49. The zero-order valence-electron chi connectivity index (χ0n) is 11.9. The minimum atomic E-state index is -4.32. The third-order valence-electron chi connectivity index (χ3n) is 2.74. The van der Waals surface area contributed by atoms with E-state index in [1.54, 1.807) is 6.20 Å². The van der Waals surface area contributed by atoms with Gasteiger partial charge in [-0.1, -0.05) is 6.07 Å². The molecule has 2 aromatic rings. The zero-order chi connectivity index (χ0) is 16.7. The second-order valence-corrected chi connectivity index (χ2v) is 5.66. The molecule has 0 unspecified atom stereocenters. The van der Waals surface area contributed by atoms with Crippen LogP contribution in [0.2, 0.25) is 0 Å². The van der Waals surface area contributed by atoms with E-state index in [9.17, 15) is 18.0 Å². The zero-order valence-corrected chi connectivity index (χ0v) is 12.7. The van der Waals surface area contributed by atoms with Crippen molar-refractivity contribution in [2.45, 2.75) is 16.8 Å². The van der Waals surface area contributed by atoms with Crippen molar-refractivity contribution in [3.05, 3.63) is 54.4 Å². The van der Waals surface area contributed by atoms with Crippen LogP contribution in [0.1, 0.15) is 5.69 Å². The van der Waals surface area contributed by atoms with E-state index < -0.39 is 11.5 Å². The first kappa shape index (κ1) is 17.1. The van der Waals surface area contributed by atoms with E-state index in [2.05, 4.69) is 15.6 Å². The molecule has 0 spiro atoms. The molecule has 2 rings (SSSR count). The number of aromatic nitrogens is 1. The van der Waals surface area contributed by atoms with Gasteiger partial charge in [0.25, 0.3) is 0 Å². The minimum Gasteiger partial charge on any atom is -0.337 e. The summed E-state index contributed by atoms with van der Waals surface area (Å²) in [5, 5.41) is 5.21. The van der Waals surface area contributed by atoms with E-state index in [0.29, 0.717) is 18.7 Å². The smallest absolute Gasteiger partial charge is 0.337 e. The van der Waals surface area contributed by atoms with Crippen molar-refractivity contribution in [2.24, 2.45) is 0 Å². The molecule has 2 amide bonds. The highest BCUT2D eigenvalue weighted by molar-refractivity contribution is 8.00. The summed E-state index contributed by atoms with van der Waals surface area (Å²) >= 11 is -0.195. The lowest BCUT2D eigenvalue weighted by molar-refractivity contribution is -0.0328. The molecule has 8 heteroatoms. The van der Waals surface area contributed by atoms with Gasteiger partial charge in [0.1, 0.15) is 0 Å². The first-order valence-corrected chi connectivity index (χ1v) is 7.54. The SMILES string of the molecule is O=C(NCCc1ccccn1)Nc1ccc(SC(F)(F)F)cc1. The Bertz CT molecular complexity index is 633. The van der Waals surface area contributed by atoms with Gasteiger partial charge in [0, 0.05) is 35.4 Å². The van der Waals surface area contributed by atoms with Crippen molar-refractivity contribution < 1.29 is 18.0 Å². The van der Waals surface area contributed by atoms with Crippen LogP contribution in [0.15, 0.2) is 53.6 Å². The molecule has 0 atom stereocenters. The van der Waals surface area contributed by atoms with Crippen LogP contribution in [0.4, 0.5) is 23.7 Å². The number of urea groups is 1. The second kappa shape index (κ2) is 7.87. The highest BCUT2D eigenvalue weighted by Gasteiger charge is 2.28. The molecule has 2 N–H and O–H groups in total. The number of carbonyl (C=O) groups is 1. The van der Waals surface area contributed by atoms with Crippen molar-refractivity contribution in [1.82, 2.24) is 10.3 Å². The van der Waals surface area contributed by atoms with E-state index in [1.165, 1.54) is 24.3 Å². The Labute approximate surface area is 135 Å². The first-order chi connectivity index (χ1) is 10.9. The Morgan fingerprint density at radius 3 is 2.48 bits per heavy atom. The molecule has 0 saturated carbocycles. The van der Waals surface area contributed by atoms with Crippen LogP contribution in [0.5, 0.6) is 0 Å². The van der Waals surface area contributed by atoms with Crippen LogP contribution >= 0.6 is 11.8 Å². The molecule has 0 radical (unpaired) electrons. The summed E-state index contributed by atoms with van der Waals surface area (Å²) in [7, 11) is 0. The van der Waals surface area contributed by atoms with E-state index in [1.807, 2.05) is 18.2 Å². The van der Waals surface area contributed by atoms with Crippen LogP contribution in [0.25, 0.3) is 0 Å². The quantitative estimate of drug-likeness (QED) is 0.807. The fourth-order valence-corrected chi connectivity index (χ4v) is 2.30. The Morgan fingerprint density at radius 2 is 1.87 bits per heavy atom. The van der Waals surface area contributed by atoms with Crippen molar-refractivity contribution >= 4 is 23.5 Å². The summed E-state index contributed by atoms with van der Waals surface area (Å²) in [6.45, 7) is 0.408. The summed E-state index contributed by atoms with van der Waals surface area (Å²) in [5.41, 5.74) is -3.04. The molecule has 4 nitrogen and oxygen atoms in total. The van der Waals surface area contributed by atoms with E-state index in [0.717, 1.165) is 5.69 Å². The van der Waals surface area contributed by atoms with Crippen LogP contribution in [0, 0.1) is 0 Å². The standard InChI is InChI=1S/C15H14F3N3OS/c16-15(17,18)23-13-6-4-12(5-7-13)21-14(22)20-10-8-11-3-1-2-9-19-11/h1-7,9H,8,10H2,(H2,20,21,22). The first-order valence-electron chi connectivity index (χ1n) is 6.73. The van der Waals surface area contributed by atoms with Gasteiger partial charge in [0.15, 0.2) is 0 Å². The van der Waals surface area contributed by atoms with E-state index in [4.69, 9.17) is 0 Å². The fraction of sp³-hybridized carbons (Fsp3) is 0.200. The molecule has 1 heterocycles. The van der Waals surface area contributed by atoms with Crippen LogP contribution in [-0.2, 0) is 6.42 Å². The number of anilines is 1. The minimum absolute atomic E-state index is 0.0682. The van der Waals surface area contributed by atoms with Crippen molar-refractivity contribution in [3.8, 4) is 0 Å². The number of nitrogens with zero attached hydrogens (tertiary/aromatic N) is 1. The largest absolute Gasteiger partial charge is 0.446 e. The summed E-state index contributed by atoms with van der Waals surface area (Å²) < 4.78 is 36.6. The maximum atomic E-state index is 12.2. The van der Waals surface area contributed by atoms with Crippen LogP contribution < -0.4 is 10.6 Å². The van der Waals surface area contributed by atoms with E-state index in [-0.39, 0.29) is 16.7 Å². The van der Waals surface area contributed by atoms with Gasteiger partial charge in [-0.05, 0) is 48.2 Å². The number of halogens is 3. The van der Waals surface area contributed by atoms with Crippen molar-refractivity contribution in [1.29, 1.82) is 0 Å². The summed E-state index contributed by atoms with van der Waals surface area (Å²) in [6.07, 6.45) is 2.27. The number of hydrogen-bond donors (Lipinski definition) is 2. The lowest BCUT2D eigenvalue weighted by atomic mass is 10.3. The van der Waals surface area contributed by atoms with Crippen LogP contribution in [-0.4, -0.2) is 23.1 Å². The molecule has 0 aliphatic rings. The topological polar surface area (TPSA) is 54.0 Å². The highest BCUT2D eigenvalue weighted by atomic mass is 32.2. The normalized spacial score (nSPS) is 11.1. The summed E-state index contributed by atoms with van der Waals surface area (Å²) in [5.74, 6) is 0. The third kappa shape index (κ3) is 6.60. The molecule has 23 heavy (non-hydrogen) atoms. The molecule has 0 fully saturated rings. The molecule has 0 bridgehead atoms. The molecule has 0 saturated heterocycles. The number of amides is 2. The predicted octanol–water partition coefficient (Wildman–Crippen LogP) is 4.06. The van der Waals surface area contributed by atoms with Gasteiger partial charge in [0.05, 0.1) is 0 Å². The molecular weight excluding hydrogens is 327 g/mol. The van der Waals surface area contributed by atoms with Crippen molar-refractivity contribution in [2.75, 3.05) is 11.9 Å². The Balaban J connectivity index is 1.76. The molecule has 1 aromatic heterocycles. The lowest BCUT2D eigenvalue weighted by Crippen LogP contribution is -2.30. The number of nitrogens with one attached hydrogen (secondary N) is 2. The van der Waals surface area contributed by atoms with Gasteiger partial charge in [-0.15, -0.1) is 0 Å². The summed E-state index contributed by atoms with van der Waals surface area (Å²) in [4.78, 5) is 15.9. The lowest BCUT2D eigenvalue weighted by Gasteiger charge is -2.09. The van der Waals surface area contributed by atoms with Crippen molar-refractivity contribution in [3.63, 3.8) is 0 Å². The number of carbonyl (C=O) groups excluding carboxylic acids is 1. The summed E-state index contributed by atoms with van der Waals surface area (Å²) in [6, 6.07) is 10.6. The number of benzene rings is 1. The number of rotatable bonds is 5. The molecule has 122 valence electrons. The molecule has 0 aliphatic carbocycles. The molecular formula is C15H14F3N3OS.